The number of nitrogens with one attached hydrogen (secondary N) is 1. The maximum atomic E-state index is 12.8. The lowest BCUT2D eigenvalue weighted by Crippen LogP contribution is -2.51. The Bertz CT molecular complexity index is 381. The smallest absolute Gasteiger partial charge is 0.233 e. The number of amidine groups is 1. The van der Waals surface area contributed by atoms with Gasteiger partial charge in [-0.15, -0.1) is 0 Å². The summed E-state index contributed by atoms with van der Waals surface area (Å²) < 4.78 is 0. The number of nitrogens with zero attached hydrogens (tertiary/aromatic N) is 1. The van der Waals surface area contributed by atoms with E-state index in [0.717, 1.165) is 25.7 Å². The average Bonchev–Trinajstić information content (AvgIpc) is 2.70. The van der Waals surface area contributed by atoms with Gasteiger partial charge in [-0.3, -0.25) is 4.79 Å². The number of oxime groups is 1. The third-order valence-corrected chi connectivity index (χ3v) is 5.26. The Labute approximate surface area is 128 Å². The molecule has 0 spiro atoms. The number of amides is 1. The first-order chi connectivity index (χ1) is 9.76. The molecule has 4 N–H and O–H groups in total. The van der Waals surface area contributed by atoms with Gasteiger partial charge in [0.15, 0.2) is 5.84 Å². The molecular weight excluding hydrogens is 266 g/mol. The highest BCUT2D eigenvalue weighted by molar-refractivity contribution is 6.06. The Kier molecular flexibility index (Phi) is 6.05. The predicted octanol–water partition coefficient (Wildman–Crippen LogP) is 2.87. The molecule has 0 aromatic carbocycles. The quantitative estimate of drug-likeness (QED) is 0.240. The van der Waals surface area contributed by atoms with E-state index in [9.17, 15) is 4.79 Å². The molecule has 0 aliphatic heterocycles. The van der Waals surface area contributed by atoms with Crippen molar-refractivity contribution in [2.24, 2.45) is 27.6 Å². The van der Waals surface area contributed by atoms with Crippen LogP contribution < -0.4 is 11.1 Å². The molecule has 1 amide bonds. The van der Waals surface area contributed by atoms with Crippen LogP contribution in [0, 0.1) is 16.7 Å². The first-order valence-corrected chi connectivity index (χ1v) is 8.02. The summed E-state index contributed by atoms with van der Waals surface area (Å²) in [7, 11) is 0. The Morgan fingerprint density at radius 1 is 1.29 bits per heavy atom. The van der Waals surface area contributed by atoms with Crippen molar-refractivity contribution >= 4 is 11.7 Å². The molecule has 5 heteroatoms. The van der Waals surface area contributed by atoms with E-state index in [2.05, 4.69) is 38.2 Å². The zero-order chi connectivity index (χ0) is 16.1. The van der Waals surface area contributed by atoms with Crippen LogP contribution in [-0.4, -0.2) is 23.5 Å². The van der Waals surface area contributed by atoms with Crippen LogP contribution in [0.25, 0.3) is 0 Å². The van der Waals surface area contributed by atoms with Crippen LogP contribution >= 0.6 is 0 Å². The predicted molar refractivity (Wildman–Crippen MR) is 85.2 cm³/mol. The van der Waals surface area contributed by atoms with Gasteiger partial charge in [-0.25, -0.2) is 0 Å². The second-order valence-electron chi connectivity index (χ2n) is 7.31. The first-order valence-electron chi connectivity index (χ1n) is 8.02. The summed E-state index contributed by atoms with van der Waals surface area (Å²) >= 11 is 0. The second-order valence-corrected chi connectivity index (χ2v) is 7.31. The summed E-state index contributed by atoms with van der Waals surface area (Å²) in [6, 6.07) is 0. The highest BCUT2D eigenvalue weighted by Gasteiger charge is 2.43. The molecule has 0 aromatic rings. The van der Waals surface area contributed by atoms with Gasteiger partial charge >= 0.3 is 0 Å². The van der Waals surface area contributed by atoms with Crippen LogP contribution in [0.3, 0.4) is 0 Å². The SMILES string of the molecule is CC(C)C(C)(C)CNC(=O)C1(C(N)=NO)CCCCCC1. The van der Waals surface area contributed by atoms with Crippen molar-refractivity contribution in [1.29, 1.82) is 0 Å². The Morgan fingerprint density at radius 2 is 1.81 bits per heavy atom. The topological polar surface area (TPSA) is 87.7 Å². The number of carbonyl (C=O) groups is 1. The van der Waals surface area contributed by atoms with Gasteiger partial charge in [0.05, 0.1) is 0 Å². The maximum Gasteiger partial charge on any atom is 0.233 e. The van der Waals surface area contributed by atoms with Crippen molar-refractivity contribution in [2.75, 3.05) is 6.54 Å². The number of hydrogen-bond acceptors (Lipinski definition) is 3. The largest absolute Gasteiger partial charge is 0.409 e. The molecular formula is C16H31N3O2. The van der Waals surface area contributed by atoms with Crippen LogP contribution in [-0.2, 0) is 4.79 Å². The summed E-state index contributed by atoms with van der Waals surface area (Å²) in [6.45, 7) is 9.18. The minimum Gasteiger partial charge on any atom is -0.409 e. The molecule has 0 bridgehead atoms. The van der Waals surface area contributed by atoms with E-state index in [4.69, 9.17) is 10.9 Å². The fourth-order valence-electron chi connectivity index (χ4n) is 2.71. The fraction of sp³-hybridized carbons (Fsp3) is 0.875. The lowest BCUT2D eigenvalue weighted by molar-refractivity contribution is -0.128. The number of hydrogen-bond donors (Lipinski definition) is 3. The lowest BCUT2D eigenvalue weighted by atomic mass is 9.77. The van der Waals surface area contributed by atoms with E-state index >= 15 is 0 Å². The lowest BCUT2D eigenvalue weighted by Gasteiger charge is -2.34. The zero-order valence-corrected chi connectivity index (χ0v) is 13.9. The van der Waals surface area contributed by atoms with Crippen molar-refractivity contribution in [3.63, 3.8) is 0 Å². The molecule has 0 saturated heterocycles. The van der Waals surface area contributed by atoms with E-state index in [1.165, 1.54) is 0 Å². The van der Waals surface area contributed by atoms with Gasteiger partial charge in [0, 0.05) is 6.54 Å². The minimum atomic E-state index is -0.835. The van der Waals surface area contributed by atoms with Crippen LogP contribution in [0.2, 0.25) is 0 Å². The summed E-state index contributed by atoms with van der Waals surface area (Å²) in [5.74, 6) is 0.435. The third-order valence-electron chi connectivity index (χ3n) is 5.26. The van der Waals surface area contributed by atoms with E-state index in [-0.39, 0.29) is 17.2 Å². The van der Waals surface area contributed by atoms with Gasteiger partial charge in [-0.2, -0.15) is 0 Å². The molecule has 1 saturated carbocycles. The zero-order valence-electron chi connectivity index (χ0n) is 13.9. The van der Waals surface area contributed by atoms with Gasteiger partial charge in [0.25, 0.3) is 0 Å². The molecule has 21 heavy (non-hydrogen) atoms. The normalized spacial score (nSPS) is 20.1. The molecule has 1 aliphatic rings. The molecule has 0 atom stereocenters. The summed E-state index contributed by atoms with van der Waals surface area (Å²) in [5, 5.41) is 15.3. The average molecular weight is 297 g/mol. The molecule has 1 aliphatic carbocycles. The van der Waals surface area contributed by atoms with E-state index < -0.39 is 5.41 Å². The second kappa shape index (κ2) is 7.14. The molecule has 0 radical (unpaired) electrons. The third kappa shape index (κ3) is 4.11. The van der Waals surface area contributed by atoms with Crippen LogP contribution in [0.4, 0.5) is 0 Å². The van der Waals surface area contributed by atoms with Crippen molar-refractivity contribution in [3.8, 4) is 0 Å². The molecule has 1 fully saturated rings. The standard InChI is InChI=1S/C16H31N3O2/c1-12(2)15(3,4)11-18-14(20)16(13(17)19-21)9-7-5-6-8-10-16/h12,21H,5-11H2,1-4H3,(H2,17,19)(H,18,20). The molecule has 5 nitrogen and oxygen atoms in total. The van der Waals surface area contributed by atoms with Gasteiger partial charge < -0.3 is 16.3 Å². The van der Waals surface area contributed by atoms with Gasteiger partial charge in [0.1, 0.15) is 5.41 Å². The minimum absolute atomic E-state index is 0.0205. The molecule has 0 unspecified atom stereocenters. The van der Waals surface area contributed by atoms with Crippen LogP contribution in [0.1, 0.15) is 66.2 Å². The highest BCUT2D eigenvalue weighted by Crippen LogP contribution is 2.36. The summed E-state index contributed by atoms with van der Waals surface area (Å²) in [5.41, 5.74) is 5.08. The Balaban J connectivity index is 2.86. The highest BCUT2D eigenvalue weighted by atomic mass is 16.4. The van der Waals surface area contributed by atoms with Crippen LogP contribution in [0.15, 0.2) is 5.16 Å². The van der Waals surface area contributed by atoms with E-state index in [0.29, 0.717) is 25.3 Å². The van der Waals surface area contributed by atoms with Crippen molar-refractivity contribution in [3.05, 3.63) is 0 Å². The summed E-state index contributed by atoms with van der Waals surface area (Å²) in [6.07, 6.45) is 5.42. The Morgan fingerprint density at radius 3 is 2.24 bits per heavy atom. The fourth-order valence-corrected chi connectivity index (χ4v) is 2.71. The molecule has 0 heterocycles. The van der Waals surface area contributed by atoms with Gasteiger partial charge in [-0.05, 0) is 24.2 Å². The molecule has 122 valence electrons. The number of rotatable bonds is 5. The summed E-state index contributed by atoms with van der Waals surface area (Å²) in [4.78, 5) is 12.8. The molecule has 0 aromatic heterocycles. The van der Waals surface area contributed by atoms with Gasteiger partial charge in [-0.1, -0.05) is 58.5 Å². The van der Waals surface area contributed by atoms with Crippen molar-refractivity contribution in [1.82, 2.24) is 5.32 Å². The van der Waals surface area contributed by atoms with Crippen molar-refractivity contribution < 1.29 is 10.0 Å². The molecule has 1 rings (SSSR count). The monoisotopic (exact) mass is 297 g/mol. The Hall–Kier alpha value is -1.26. The van der Waals surface area contributed by atoms with Crippen molar-refractivity contribution in [2.45, 2.75) is 66.2 Å². The first kappa shape index (κ1) is 17.8. The van der Waals surface area contributed by atoms with Crippen LogP contribution in [0.5, 0.6) is 0 Å². The maximum absolute atomic E-state index is 12.8. The van der Waals surface area contributed by atoms with E-state index in [1.54, 1.807) is 0 Å². The number of nitrogens with two attached hydrogens (primary N) is 1. The van der Waals surface area contributed by atoms with E-state index in [1.807, 2.05) is 0 Å². The van der Waals surface area contributed by atoms with Gasteiger partial charge in [0.2, 0.25) is 5.91 Å². The number of carbonyl (C=O) groups excluding carboxylic acids is 1.